The number of hydrogen-bond acceptors (Lipinski definition) is 3. The number of imidazole rings is 1. The fraction of sp³-hybridized carbons (Fsp3) is 0. The fourth-order valence-corrected chi connectivity index (χ4v) is 1.53. The minimum atomic E-state index is -0.406. The Hall–Kier alpha value is -2.10. The van der Waals surface area contributed by atoms with Gasteiger partial charge in [0.15, 0.2) is 5.65 Å². The molecular weight excluding hydrogens is 180 g/mol. The fourth-order valence-electron chi connectivity index (χ4n) is 1.53. The van der Waals surface area contributed by atoms with Crippen molar-refractivity contribution in [3.63, 3.8) is 0 Å². The Kier molecular flexibility index (Phi) is 1.28. The van der Waals surface area contributed by atoms with E-state index in [0.29, 0.717) is 11.2 Å². The van der Waals surface area contributed by atoms with Crippen LogP contribution in [0.5, 0.6) is 0 Å². The van der Waals surface area contributed by atoms with Crippen molar-refractivity contribution in [1.29, 1.82) is 0 Å². The second-order valence-electron chi connectivity index (χ2n) is 2.98. The standard InChI is InChI=1S/C10H6N2O2/c13-10-12-6-5-11-9(12)7-3-1-2-4-8(7)14-10/h1-6H. The third-order valence-corrected chi connectivity index (χ3v) is 2.16. The topological polar surface area (TPSA) is 47.5 Å². The summed E-state index contributed by atoms with van der Waals surface area (Å²) in [5, 5.41) is 0.845. The molecular formula is C10H6N2O2. The maximum atomic E-state index is 11.4. The monoisotopic (exact) mass is 186 g/mol. The lowest BCUT2D eigenvalue weighted by atomic mass is 10.2. The van der Waals surface area contributed by atoms with E-state index >= 15 is 0 Å². The van der Waals surface area contributed by atoms with Gasteiger partial charge in [0.1, 0.15) is 5.58 Å². The number of nitrogens with zero attached hydrogens (tertiary/aromatic N) is 2. The second kappa shape index (κ2) is 2.45. The molecule has 0 aliphatic heterocycles. The van der Waals surface area contributed by atoms with Gasteiger partial charge in [0.25, 0.3) is 0 Å². The lowest BCUT2D eigenvalue weighted by molar-refractivity contribution is 0.522. The molecule has 0 N–H and O–H groups in total. The van der Waals surface area contributed by atoms with E-state index in [4.69, 9.17) is 4.42 Å². The molecule has 2 heterocycles. The van der Waals surface area contributed by atoms with E-state index in [0.717, 1.165) is 5.39 Å². The first kappa shape index (κ1) is 7.32. The smallest absolute Gasteiger partial charge is 0.409 e. The number of rotatable bonds is 0. The third kappa shape index (κ3) is 0.821. The van der Waals surface area contributed by atoms with Crippen molar-refractivity contribution in [2.45, 2.75) is 0 Å². The molecule has 4 heteroatoms. The molecule has 0 amide bonds. The Balaban J connectivity index is 2.73. The first-order valence-corrected chi connectivity index (χ1v) is 4.21. The lowest BCUT2D eigenvalue weighted by Crippen LogP contribution is -2.09. The maximum absolute atomic E-state index is 11.4. The molecule has 0 saturated heterocycles. The van der Waals surface area contributed by atoms with Crippen LogP contribution >= 0.6 is 0 Å². The van der Waals surface area contributed by atoms with Crippen LogP contribution in [0.2, 0.25) is 0 Å². The van der Waals surface area contributed by atoms with Gasteiger partial charge in [-0.2, -0.15) is 0 Å². The van der Waals surface area contributed by atoms with Crippen molar-refractivity contribution in [2.75, 3.05) is 0 Å². The largest absolute Gasteiger partial charge is 0.425 e. The molecule has 0 unspecified atom stereocenters. The van der Waals surface area contributed by atoms with Crippen LogP contribution in [-0.4, -0.2) is 9.38 Å². The highest BCUT2D eigenvalue weighted by Gasteiger charge is 2.05. The molecule has 4 nitrogen and oxygen atoms in total. The van der Waals surface area contributed by atoms with E-state index in [1.807, 2.05) is 18.2 Å². The van der Waals surface area contributed by atoms with E-state index in [2.05, 4.69) is 4.98 Å². The number of hydrogen-bond donors (Lipinski definition) is 0. The first-order chi connectivity index (χ1) is 6.86. The molecule has 0 aliphatic rings. The molecule has 0 atom stereocenters. The number of para-hydroxylation sites is 1. The normalized spacial score (nSPS) is 11.1. The van der Waals surface area contributed by atoms with Gasteiger partial charge >= 0.3 is 5.76 Å². The molecule has 0 saturated carbocycles. The second-order valence-corrected chi connectivity index (χ2v) is 2.98. The minimum Gasteiger partial charge on any atom is -0.409 e. The number of fused-ring (bicyclic) bond motifs is 3. The van der Waals surface area contributed by atoms with Crippen LogP contribution < -0.4 is 5.76 Å². The summed E-state index contributed by atoms with van der Waals surface area (Å²) in [6, 6.07) is 7.34. The molecule has 3 aromatic rings. The predicted molar refractivity (Wildman–Crippen MR) is 51.2 cm³/mol. The number of aromatic nitrogens is 2. The summed E-state index contributed by atoms with van der Waals surface area (Å²) in [5.41, 5.74) is 1.20. The van der Waals surface area contributed by atoms with Gasteiger partial charge in [0.05, 0.1) is 5.39 Å². The van der Waals surface area contributed by atoms with Crippen LogP contribution in [0.25, 0.3) is 16.6 Å². The zero-order valence-electron chi connectivity index (χ0n) is 7.18. The minimum absolute atomic E-state index is 0.406. The molecule has 0 radical (unpaired) electrons. The third-order valence-electron chi connectivity index (χ3n) is 2.16. The van der Waals surface area contributed by atoms with Gasteiger partial charge in [-0.05, 0) is 12.1 Å². The van der Waals surface area contributed by atoms with E-state index in [1.165, 1.54) is 4.40 Å². The molecule has 68 valence electrons. The van der Waals surface area contributed by atoms with Gasteiger partial charge in [-0.15, -0.1) is 0 Å². The van der Waals surface area contributed by atoms with Crippen molar-refractivity contribution >= 4 is 16.6 Å². The first-order valence-electron chi connectivity index (χ1n) is 4.21. The van der Waals surface area contributed by atoms with Crippen LogP contribution in [-0.2, 0) is 0 Å². The van der Waals surface area contributed by atoms with Crippen molar-refractivity contribution in [3.8, 4) is 0 Å². The SMILES string of the molecule is O=c1oc2ccccc2c2nccn12. The average molecular weight is 186 g/mol. The van der Waals surface area contributed by atoms with Crippen LogP contribution in [0.1, 0.15) is 0 Å². The quantitative estimate of drug-likeness (QED) is 0.533. The molecule has 0 fully saturated rings. The molecule has 2 aromatic heterocycles. The van der Waals surface area contributed by atoms with E-state index in [9.17, 15) is 4.79 Å². The average Bonchev–Trinajstić information content (AvgIpc) is 2.67. The van der Waals surface area contributed by atoms with Crippen LogP contribution in [0.4, 0.5) is 0 Å². The molecule has 0 bridgehead atoms. The predicted octanol–water partition coefficient (Wildman–Crippen LogP) is 1.44. The molecule has 1 aromatic carbocycles. The Labute approximate surface area is 78.4 Å². The summed E-state index contributed by atoms with van der Waals surface area (Å²) >= 11 is 0. The zero-order valence-corrected chi connectivity index (χ0v) is 7.18. The highest BCUT2D eigenvalue weighted by molar-refractivity contribution is 5.89. The van der Waals surface area contributed by atoms with Crippen molar-refractivity contribution in [3.05, 3.63) is 47.2 Å². The Morgan fingerprint density at radius 2 is 2.14 bits per heavy atom. The van der Waals surface area contributed by atoms with Crippen LogP contribution in [0.3, 0.4) is 0 Å². The summed E-state index contributed by atoms with van der Waals surface area (Å²) in [5.74, 6) is -0.406. The Morgan fingerprint density at radius 1 is 1.29 bits per heavy atom. The highest BCUT2D eigenvalue weighted by Crippen LogP contribution is 2.15. The van der Waals surface area contributed by atoms with Gasteiger partial charge in [-0.1, -0.05) is 12.1 Å². The highest BCUT2D eigenvalue weighted by atomic mass is 16.4. The van der Waals surface area contributed by atoms with Crippen molar-refractivity contribution in [2.24, 2.45) is 0 Å². The summed E-state index contributed by atoms with van der Waals surface area (Å²) in [7, 11) is 0. The molecule has 3 rings (SSSR count). The molecule has 0 aliphatic carbocycles. The van der Waals surface area contributed by atoms with Crippen molar-refractivity contribution in [1.82, 2.24) is 9.38 Å². The molecule has 14 heavy (non-hydrogen) atoms. The lowest BCUT2D eigenvalue weighted by Gasteiger charge is -1.97. The van der Waals surface area contributed by atoms with Crippen LogP contribution in [0.15, 0.2) is 45.9 Å². The summed E-state index contributed by atoms with van der Waals surface area (Å²) in [6.45, 7) is 0. The summed E-state index contributed by atoms with van der Waals surface area (Å²) in [6.07, 6.45) is 3.17. The van der Waals surface area contributed by atoms with Gasteiger partial charge in [0.2, 0.25) is 0 Å². The Morgan fingerprint density at radius 3 is 3.07 bits per heavy atom. The van der Waals surface area contributed by atoms with Gasteiger partial charge in [-0.3, -0.25) is 0 Å². The Bertz CT molecular complexity index is 666. The van der Waals surface area contributed by atoms with Gasteiger partial charge in [-0.25, -0.2) is 14.2 Å². The van der Waals surface area contributed by atoms with Crippen LogP contribution in [0, 0.1) is 0 Å². The van der Waals surface area contributed by atoms with Crippen molar-refractivity contribution < 1.29 is 4.42 Å². The van der Waals surface area contributed by atoms with E-state index < -0.39 is 5.76 Å². The zero-order chi connectivity index (χ0) is 9.54. The summed E-state index contributed by atoms with van der Waals surface area (Å²) < 4.78 is 6.49. The van der Waals surface area contributed by atoms with E-state index in [-0.39, 0.29) is 0 Å². The number of benzene rings is 1. The van der Waals surface area contributed by atoms with Gasteiger partial charge in [0, 0.05) is 12.4 Å². The maximum Gasteiger partial charge on any atom is 0.425 e. The van der Waals surface area contributed by atoms with Gasteiger partial charge < -0.3 is 4.42 Å². The molecule has 0 spiro atoms. The summed E-state index contributed by atoms with van der Waals surface area (Å²) in [4.78, 5) is 15.5. The van der Waals surface area contributed by atoms with E-state index in [1.54, 1.807) is 18.5 Å².